The Bertz CT molecular complexity index is 471. The van der Waals surface area contributed by atoms with Crippen molar-refractivity contribution in [1.82, 2.24) is 0 Å². The van der Waals surface area contributed by atoms with E-state index in [0.717, 1.165) is 24.4 Å². The minimum absolute atomic E-state index is 0.993. The van der Waals surface area contributed by atoms with Crippen LogP contribution < -0.4 is 4.74 Å². The van der Waals surface area contributed by atoms with Crippen LogP contribution in [0.2, 0.25) is 0 Å². The predicted octanol–water partition coefficient (Wildman–Crippen LogP) is 4.12. The predicted molar refractivity (Wildman–Crippen MR) is 62.9 cm³/mol. The summed E-state index contributed by atoms with van der Waals surface area (Å²) in [5.41, 5.74) is 1.41. The lowest BCUT2D eigenvalue weighted by Gasteiger charge is -2.24. The summed E-state index contributed by atoms with van der Waals surface area (Å²) in [7, 11) is 0. The van der Waals surface area contributed by atoms with Gasteiger partial charge in [-0.15, -0.1) is 0 Å². The highest BCUT2D eigenvalue weighted by molar-refractivity contribution is 8.03. The second kappa shape index (κ2) is 3.46. The summed E-state index contributed by atoms with van der Waals surface area (Å²) in [5, 5.41) is 0. The van der Waals surface area contributed by atoms with Crippen LogP contribution in [0.5, 0.6) is 5.75 Å². The van der Waals surface area contributed by atoms with Gasteiger partial charge in [-0.3, -0.25) is 0 Å². The van der Waals surface area contributed by atoms with Gasteiger partial charge < -0.3 is 4.74 Å². The monoisotopic (exact) mass is 216 g/mol. The standard InChI is InChI=1S/C13H12OS/c1-9-6-7-13-11(8-9)14-10-4-2-3-5-12(10)15-13/h2-5,8H,6-7H2,1H3. The van der Waals surface area contributed by atoms with Crippen LogP contribution in [0.3, 0.4) is 0 Å². The maximum Gasteiger partial charge on any atom is 0.141 e. The van der Waals surface area contributed by atoms with Gasteiger partial charge in [-0.25, -0.2) is 0 Å². The lowest BCUT2D eigenvalue weighted by molar-refractivity contribution is 0.422. The number of thioether (sulfide) groups is 1. The van der Waals surface area contributed by atoms with Gasteiger partial charge in [-0.1, -0.05) is 29.5 Å². The summed E-state index contributed by atoms with van der Waals surface area (Å²) in [5.74, 6) is 2.05. The highest BCUT2D eigenvalue weighted by atomic mass is 32.2. The molecule has 0 radical (unpaired) electrons. The third-order valence-electron chi connectivity index (χ3n) is 2.70. The zero-order valence-corrected chi connectivity index (χ0v) is 9.43. The van der Waals surface area contributed by atoms with E-state index < -0.39 is 0 Å². The molecule has 0 amide bonds. The summed E-state index contributed by atoms with van der Waals surface area (Å²) < 4.78 is 5.89. The van der Waals surface area contributed by atoms with Crippen molar-refractivity contribution < 1.29 is 4.74 Å². The van der Waals surface area contributed by atoms with Crippen molar-refractivity contribution in [3.8, 4) is 5.75 Å². The Hall–Kier alpha value is -1.15. The molecule has 76 valence electrons. The van der Waals surface area contributed by atoms with E-state index >= 15 is 0 Å². The summed E-state index contributed by atoms with van der Waals surface area (Å²) in [6.45, 7) is 2.16. The molecule has 2 aliphatic rings. The van der Waals surface area contributed by atoms with Gasteiger partial charge >= 0.3 is 0 Å². The first-order valence-electron chi connectivity index (χ1n) is 5.18. The molecule has 2 heteroatoms. The average Bonchev–Trinajstić information content (AvgIpc) is 2.26. The molecule has 0 bridgehead atoms. The van der Waals surface area contributed by atoms with Gasteiger partial charge in [0.2, 0.25) is 0 Å². The van der Waals surface area contributed by atoms with E-state index in [0.29, 0.717) is 0 Å². The first-order chi connectivity index (χ1) is 7.33. The van der Waals surface area contributed by atoms with E-state index in [1.54, 1.807) is 0 Å². The van der Waals surface area contributed by atoms with Crippen LogP contribution in [0.1, 0.15) is 19.8 Å². The van der Waals surface area contributed by atoms with Crippen LogP contribution >= 0.6 is 11.8 Å². The van der Waals surface area contributed by atoms with Crippen molar-refractivity contribution in [3.63, 3.8) is 0 Å². The van der Waals surface area contributed by atoms with Crippen LogP contribution in [0.25, 0.3) is 0 Å². The Balaban J connectivity index is 2.02. The highest BCUT2D eigenvalue weighted by Crippen LogP contribution is 2.45. The topological polar surface area (TPSA) is 9.23 Å². The number of para-hydroxylation sites is 1. The molecule has 0 saturated heterocycles. The Kier molecular flexibility index (Phi) is 2.10. The first-order valence-corrected chi connectivity index (χ1v) is 5.99. The van der Waals surface area contributed by atoms with Gasteiger partial charge in [0.05, 0.1) is 4.90 Å². The Labute approximate surface area is 93.8 Å². The number of benzene rings is 1. The molecule has 1 aliphatic carbocycles. The molecule has 1 aliphatic heterocycles. The first kappa shape index (κ1) is 9.10. The quantitative estimate of drug-likeness (QED) is 0.645. The SMILES string of the molecule is CC1=CC2=C(CC1)Sc1ccccc1O2. The molecule has 1 aromatic rings. The fourth-order valence-electron chi connectivity index (χ4n) is 1.87. The molecule has 0 N–H and O–H groups in total. The number of fused-ring (bicyclic) bond motifs is 1. The van der Waals surface area contributed by atoms with Crippen molar-refractivity contribution in [2.75, 3.05) is 0 Å². The molecular formula is C13H12OS. The van der Waals surface area contributed by atoms with Gasteiger partial charge in [0, 0.05) is 4.91 Å². The van der Waals surface area contributed by atoms with E-state index in [1.807, 2.05) is 23.9 Å². The number of allylic oxidation sites excluding steroid dienone is 3. The normalized spacial score (nSPS) is 18.9. The van der Waals surface area contributed by atoms with Crippen molar-refractivity contribution >= 4 is 11.8 Å². The summed E-state index contributed by atoms with van der Waals surface area (Å²) in [6.07, 6.45) is 4.45. The molecule has 0 saturated carbocycles. The van der Waals surface area contributed by atoms with Crippen LogP contribution in [0, 0.1) is 0 Å². The van der Waals surface area contributed by atoms with Crippen molar-refractivity contribution in [3.05, 3.63) is 46.6 Å². The van der Waals surface area contributed by atoms with E-state index in [9.17, 15) is 0 Å². The molecule has 0 atom stereocenters. The molecule has 3 rings (SSSR count). The molecule has 15 heavy (non-hydrogen) atoms. The van der Waals surface area contributed by atoms with E-state index in [4.69, 9.17) is 4.74 Å². The number of hydrogen-bond acceptors (Lipinski definition) is 2. The summed E-state index contributed by atoms with van der Waals surface area (Å²) in [6, 6.07) is 8.23. The van der Waals surface area contributed by atoms with Gasteiger partial charge in [-0.05, 0) is 38.0 Å². The maximum absolute atomic E-state index is 5.89. The Morgan fingerprint density at radius 1 is 1.20 bits per heavy atom. The molecule has 1 nitrogen and oxygen atoms in total. The number of rotatable bonds is 0. The molecule has 1 heterocycles. The summed E-state index contributed by atoms with van der Waals surface area (Å²) >= 11 is 1.85. The molecule has 0 aromatic heterocycles. The van der Waals surface area contributed by atoms with Crippen LogP contribution in [-0.2, 0) is 0 Å². The molecular weight excluding hydrogens is 204 g/mol. The minimum atomic E-state index is 0.993. The van der Waals surface area contributed by atoms with Gasteiger partial charge in [0.25, 0.3) is 0 Å². The largest absolute Gasteiger partial charge is 0.455 e. The zero-order valence-electron chi connectivity index (χ0n) is 8.62. The van der Waals surface area contributed by atoms with E-state index in [2.05, 4.69) is 25.1 Å². The van der Waals surface area contributed by atoms with Crippen LogP contribution in [0.15, 0.2) is 51.5 Å². The second-order valence-corrected chi connectivity index (χ2v) is 5.07. The second-order valence-electron chi connectivity index (χ2n) is 3.93. The number of hydrogen-bond donors (Lipinski definition) is 0. The minimum Gasteiger partial charge on any atom is -0.455 e. The van der Waals surface area contributed by atoms with Crippen molar-refractivity contribution in [1.29, 1.82) is 0 Å². The van der Waals surface area contributed by atoms with Gasteiger partial charge in [-0.2, -0.15) is 0 Å². The third kappa shape index (κ3) is 1.59. The van der Waals surface area contributed by atoms with Gasteiger partial charge in [0.15, 0.2) is 0 Å². The number of ether oxygens (including phenoxy) is 1. The van der Waals surface area contributed by atoms with Crippen molar-refractivity contribution in [2.45, 2.75) is 24.7 Å². The lowest BCUT2D eigenvalue weighted by atomic mass is 10.1. The average molecular weight is 216 g/mol. The lowest BCUT2D eigenvalue weighted by Crippen LogP contribution is -2.06. The van der Waals surface area contributed by atoms with Crippen molar-refractivity contribution in [2.24, 2.45) is 0 Å². The molecule has 0 unspecified atom stereocenters. The maximum atomic E-state index is 5.89. The molecule has 0 fully saturated rings. The fraction of sp³-hybridized carbons (Fsp3) is 0.231. The molecule has 0 spiro atoms. The Morgan fingerprint density at radius 2 is 2.07 bits per heavy atom. The van der Waals surface area contributed by atoms with Crippen LogP contribution in [-0.4, -0.2) is 0 Å². The summed E-state index contributed by atoms with van der Waals surface area (Å²) in [4.78, 5) is 2.61. The Morgan fingerprint density at radius 3 is 3.00 bits per heavy atom. The van der Waals surface area contributed by atoms with E-state index in [1.165, 1.54) is 15.4 Å². The third-order valence-corrected chi connectivity index (χ3v) is 3.91. The molecule has 1 aromatic carbocycles. The zero-order chi connectivity index (χ0) is 10.3. The highest BCUT2D eigenvalue weighted by Gasteiger charge is 2.21. The van der Waals surface area contributed by atoms with Crippen LogP contribution in [0.4, 0.5) is 0 Å². The smallest absolute Gasteiger partial charge is 0.141 e. The van der Waals surface area contributed by atoms with Gasteiger partial charge in [0.1, 0.15) is 11.5 Å². The van der Waals surface area contributed by atoms with E-state index in [-0.39, 0.29) is 0 Å². The fourth-order valence-corrected chi connectivity index (χ4v) is 2.90.